The molecule has 0 saturated carbocycles. The molecule has 1 heterocycles. The molecule has 0 spiro atoms. The second-order valence-electron chi connectivity index (χ2n) is 4.76. The summed E-state index contributed by atoms with van der Waals surface area (Å²) in [7, 11) is 1.27. The molecule has 1 aliphatic rings. The third-order valence-electron chi connectivity index (χ3n) is 3.19. The van der Waals surface area contributed by atoms with Crippen LogP contribution in [0.25, 0.3) is 0 Å². The first kappa shape index (κ1) is 17.2. The predicted molar refractivity (Wildman–Crippen MR) is 77.4 cm³/mol. The standard InChI is InChI=1S/C14H14N2O8/c1-22-10-3-2-8(6-9(10)16(20)21)13(18)15-7-12(17)24-11-4-5-23-14(11)19/h2-3,6,11H,4-5,7H2,1H3,(H,15,18)/t11-/m0/s1. The summed E-state index contributed by atoms with van der Waals surface area (Å²) in [6, 6.07) is 3.63. The van der Waals surface area contributed by atoms with E-state index in [4.69, 9.17) is 9.47 Å². The monoisotopic (exact) mass is 338 g/mol. The Kier molecular flexibility index (Phi) is 5.30. The van der Waals surface area contributed by atoms with E-state index in [-0.39, 0.29) is 30.0 Å². The lowest BCUT2D eigenvalue weighted by molar-refractivity contribution is -0.385. The Hall–Kier alpha value is -3.17. The van der Waals surface area contributed by atoms with Gasteiger partial charge in [-0.2, -0.15) is 0 Å². The van der Waals surface area contributed by atoms with Crippen molar-refractivity contribution in [3.8, 4) is 5.75 Å². The van der Waals surface area contributed by atoms with Crippen LogP contribution in [0.5, 0.6) is 5.75 Å². The van der Waals surface area contributed by atoms with Gasteiger partial charge in [-0.25, -0.2) is 4.79 Å². The fraction of sp³-hybridized carbons (Fsp3) is 0.357. The Bertz CT molecular complexity index is 687. The normalized spacial score (nSPS) is 16.2. The van der Waals surface area contributed by atoms with Gasteiger partial charge in [0, 0.05) is 18.1 Å². The van der Waals surface area contributed by atoms with Crippen LogP contribution in [0.4, 0.5) is 5.69 Å². The van der Waals surface area contributed by atoms with Crippen LogP contribution in [0.15, 0.2) is 18.2 Å². The van der Waals surface area contributed by atoms with Crippen molar-refractivity contribution >= 4 is 23.5 Å². The molecule has 1 amide bonds. The van der Waals surface area contributed by atoms with Crippen LogP contribution in [-0.2, 0) is 19.1 Å². The van der Waals surface area contributed by atoms with Crippen LogP contribution in [0.1, 0.15) is 16.8 Å². The number of benzene rings is 1. The fourth-order valence-electron chi connectivity index (χ4n) is 2.01. The highest BCUT2D eigenvalue weighted by molar-refractivity contribution is 5.97. The summed E-state index contributed by atoms with van der Waals surface area (Å²) in [5.74, 6) is -2.13. The largest absolute Gasteiger partial charge is 0.490 e. The number of methoxy groups -OCH3 is 1. The van der Waals surface area contributed by atoms with Gasteiger partial charge in [0.2, 0.25) is 6.10 Å². The minimum absolute atomic E-state index is 0.00991. The first-order valence-electron chi connectivity index (χ1n) is 6.89. The van der Waals surface area contributed by atoms with Gasteiger partial charge in [-0.05, 0) is 12.1 Å². The molecule has 0 aromatic heterocycles. The number of hydrogen-bond acceptors (Lipinski definition) is 8. The van der Waals surface area contributed by atoms with E-state index in [2.05, 4.69) is 10.1 Å². The average molecular weight is 338 g/mol. The molecule has 1 aliphatic heterocycles. The molecule has 2 rings (SSSR count). The Morgan fingerprint density at radius 3 is 2.79 bits per heavy atom. The second kappa shape index (κ2) is 7.40. The van der Waals surface area contributed by atoms with Gasteiger partial charge in [0.1, 0.15) is 6.54 Å². The molecule has 1 aromatic rings. The predicted octanol–water partition coefficient (Wildman–Crippen LogP) is 0.192. The van der Waals surface area contributed by atoms with E-state index in [0.29, 0.717) is 0 Å². The van der Waals surface area contributed by atoms with E-state index in [1.54, 1.807) is 0 Å². The zero-order valence-electron chi connectivity index (χ0n) is 12.6. The quantitative estimate of drug-likeness (QED) is 0.441. The van der Waals surface area contributed by atoms with Crippen LogP contribution in [-0.4, -0.2) is 49.1 Å². The van der Waals surface area contributed by atoms with Crippen molar-refractivity contribution in [1.82, 2.24) is 5.32 Å². The summed E-state index contributed by atoms with van der Waals surface area (Å²) < 4.78 is 14.3. The summed E-state index contributed by atoms with van der Waals surface area (Å²) in [6.07, 6.45) is -0.695. The Labute approximate surface area is 135 Å². The number of nitrogens with zero attached hydrogens (tertiary/aromatic N) is 1. The number of nitro benzene ring substituents is 1. The first-order chi connectivity index (χ1) is 11.4. The molecular weight excluding hydrogens is 324 g/mol. The van der Waals surface area contributed by atoms with Crippen molar-refractivity contribution in [2.24, 2.45) is 0 Å². The zero-order chi connectivity index (χ0) is 17.7. The van der Waals surface area contributed by atoms with Crippen LogP contribution in [0, 0.1) is 10.1 Å². The number of nitro groups is 1. The molecule has 24 heavy (non-hydrogen) atoms. The highest BCUT2D eigenvalue weighted by Gasteiger charge is 2.30. The van der Waals surface area contributed by atoms with Gasteiger partial charge in [0.05, 0.1) is 18.6 Å². The number of amides is 1. The van der Waals surface area contributed by atoms with Crippen molar-refractivity contribution in [3.05, 3.63) is 33.9 Å². The number of carbonyl (C=O) groups is 3. The number of cyclic esters (lactones) is 1. The van der Waals surface area contributed by atoms with Crippen LogP contribution >= 0.6 is 0 Å². The number of esters is 2. The van der Waals surface area contributed by atoms with Gasteiger partial charge in [-0.15, -0.1) is 0 Å². The topological polar surface area (TPSA) is 134 Å². The van der Waals surface area contributed by atoms with Crippen molar-refractivity contribution < 1.29 is 33.5 Å². The summed E-state index contributed by atoms with van der Waals surface area (Å²) >= 11 is 0. The molecule has 0 unspecified atom stereocenters. The number of nitrogens with one attached hydrogen (secondary N) is 1. The zero-order valence-corrected chi connectivity index (χ0v) is 12.6. The molecule has 1 fully saturated rings. The average Bonchev–Trinajstić information content (AvgIpc) is 2.96. The summed E-state index contributed by atoms with van der Waals surface area (Å²) in [5.41, 5.74) is -0.392. The van der Waals surface area contributed by atoms with Crippen molar-refractivity contribution in [3.63, 3.8) is 0 Å². The molecule has 10 nitrogen and oxygen atoms in total. The Morgan fingerprint density at radius 1 is 1.46 bits per heavy atom. The maximum absolute atomic E-state index is 12.0. The second-order valence-corrected chi connectivity index (χ2v) is 4.76. The number of carbonyl (C=O) groups excluding carboxylic acids is 3. The van der Waals surface area contributed by atoms with Gasteiger partial charge in [0.25, 0.3) is 5.91 Å². The minimum Gasteiger partial charge on any atom is -0.490 e. The number of rotatable bonds is 6. The molecule has 1 saturated heterocycles. The lowest BCUT2D eigenvalue weighted by Gasteiger charge is -2.09. The molecule has 1 N–H and O–H groups in total. The lowest BCUT2D eigenvalue weighted by atomic mass is 10.1. The lowest BCUT2D eigenvalue weighted by Crippen LogP contribution is -2.33. The molecule has 0 radical (unpaired) electrons. The maximum Gasteiger partial charge on any atom is 0.347 e. The van der Waals surface area contributed by atoms with E-state index < -0.39 is 35.4 Å². The Balaban J connectivity index is 1.94. The van der Waals surface area contributed by atoms with E-state index in [1.807, 2.05) is 0 Å². The number of ether oxygens (including phenoxy) is 3. The first-order valence-corrected chi connectivity index (χ1v) is 6.89. The summed E-state index contributed by atoms with van der Waals surface area (Å²) in [4.78, 5) is 44.9. The molecule has 10 heteroatoms. The summed E-state index contributed by atoms with van der Waals surface area (Å²) in [5, 5.41) is 13.2. The van der Waals surface area contributed by atoms with Crippen LogP contribution < -0.4 is 10.1 Å². The maximum atomic E-state index is 12.0. The number of hydrogen-bond donors (Lipinski definition) is 1. The molecule has 0 aliphatic carbocycles. The summed E-state index contributed by atoms with van der Waals surface area (Å²) in [6.45, 7) is -0.304. The van der Waals surface area contributed by atoms with Crippen LogP contribution in [0.3, 0.4) is 0 Å². The van der Waals surface area contributed by atoms with E-state index in [9.17, 15) is 24.5 Å². The van der Waals surface area contributed by atoms with E-state index in [1.165, 1.54) is 19.2 Å². The third-order valence-corrected chi connectivity index (χ3v) is 3.19. The molecule has 128 valence electrons. The molecule has 1 atom stereocenters. The molecule has 0 bridgehead atoms. The fourth-order valence-corrected chi connectivity index (χ4v) is 2.01. The van der Waals surface area contributed by atoms with Gasteiger partial charge in [-0.3, -0.25) is 19.7 Å². The van der Waals surface area contributed by atoms with Gasteiger partial charge >= 0.3 is 17.6 Å². The van der Waals surface area contributed by atoms with E-state index in [0.717, 1.165) is 6.07 Å². The van der Waals surface area contributed by atoms with Crippen molar-refractivity contribution in [2.45, 2.75) is 12.5 Å². The minimum atomic E-state index is -0.962. The van der Waals surface area contributed by atoms with Crippen molar-refractivity contribution in [2.75, 3.05) is 20.3 Å². The highest BCUT2D eigenvalue weighted by Crippen LogP contribution is 2.27. The Morgan fingerprint density at radius 2 is 2.21 bits per heavy atom. The van der Waals surface area contributed by atoms with Crippen LogP contribution in [0.2, 0.25) is 0 Å². The van der Waals surface area contributed by atoms with Gasteiger partial charge in [-0.1, -0.05) is 0 Å². The SMILES string of the molecule is COc1ccc(C(=O)NCC(=O)O[C@H]2CCOC2=O)cc1[N+](=O)[O-]. The highest BCUT2D eigenvalue weighted by atomic mass is 16.6. The van der Waals surface area contributed by atoms with Gasteiger partial charge < -0.3 is 19.5 Å². The molecular formula is C14H14N2O8. The van der Waals surface area contributed by atoms with Gasteiger partial charge in [0.15, 0.2) is 5.75 Å². The van der Waals surface area contributed by atoms with Crippen molar-refractivity contribution in [1.29, 1.82) is 0 Å². The third kappa shape index (κ3) is 3.97. The smallest absolute Gasteiger partial charge is 0.347 e. The van der Waals surface area contributed by atoms with E-state index >= 15 is 0 Å². The molecule has 1 aromatic carbocycles.